The number of halogens is 2. The Kier molecular flexibility index (Phi) is 7.32. The maximum absolute atomic E-state index is 12.2. The van der Waals surface area contributed by atoms with Crippen LogP contribution in [0.25, 0.3) is 0 Å². The number of likely N-dealkylation sites (tertiary alicyclic amines) is 1. The van der Waals surface area contributed by atoms with Gasteiger partial charge < -0.3 is 9.64 Å². The van der Waals surface area contributed by atoms with Gasteiger partial charge >= 0.3 is 5.97 Å². The van der Waals surface area contributed by atoms with E-state index in [2.05, 4.69) is 0 Å². The van der Waals surface area contributed by atoms with E-state index < -0.39 is 6.08 Å². The van der Waals surface area contributed by atoms with Gasteiger partial charge in [-0.1, -0.05) is 0 Å². The first kappa shape index (κ1) is 17.6. The quantitative estimate of drug-likeness (QED) is 0.559. The predicted molar refractivity (Wildman–Crippen MR) is 74.7 cm³/mol. The van der Waals surface area contributed by atoms with Crippen molar-refractivity contribution in [3.63, 3.8) is 0 Å². The van der Waals surface area contributed by atoms with Gasteiger partial charge in [-0.3, -0.25) is 9.59 Å². The third kappa shape index (κ3) is 6.23. The molecule has 0 aromatic carbocycles. The van der Waals surface area contributed by atoms with Gasteiger partial charge in [0.25, 0.3) is 6.08 Å². The van der Waals surface area contributed by atoms with Crippen molar-refractivity contribution in [3.8, 4) is 0 Å². The van der Waals surface area contributed by atoms with Gasteiger partial charge in [0.05, 0.1) is 12.5 Å². The second-order valence-corrected chi connectivity index (χ2v) is 5.45. The molecule has 1 rings (SSSR count). The highest BCUT2D eigenvalue weighted by Crippen LogP contribution is 2.19. The first-order chi connectivity index (χ1) is 9.91. The Hall–Kier alpha value is -1.46. The highest BCUT2D eigenvalue weighted by molar-refractivity contribution is 5.75. The molecule has 0 bridgehead atoms. The summed E-state index contributed by atoms with van der Waals surface area (Å²) in [7, 11) is 0. The van der Waals surface area contributed by atoms with Gasteiger partial charge in [-0.05, 0) is 44.6 Å². The summed E-state index contributed by atoms with van der Waals surface area (Å²) in [6, 6.07) is 0. The molecular formula is C15H23F2NO3. The second kappa shape index (κ2) is 8.74. The van der Waals surface area contributed by atoms with Crippen molar-refractivity contribution in [2.24, 2.45) is 5.92 Å². The zero-order valence-electron chi connectivity index (χ0n) is 12.7. The molecule has 0 aromatic heterocycles. The summed E-state index contributed by atoms with van der Waals surface area (Å²) in [4.78, 5) is 24.7. The first-order valence-electron chi connectivity index (χ1n) is 7.34. The third-order valence-corrected chi connectivity index (χ3v) is 3.79. The zero-order valence-corrected chi connectivity index (χ0v) is 12.7. The minimum Gasteiger partial charge on any atom is -0.465 e. The van der Waals surface area contributed by atoms with Crippen LogP contribution >= 0.6 is 0 Å². The molecule has 1 aliphatic rings. The van der Waals surface area contributed by atoms with Crippen molar-refractivity contribution >= 4 is 11.9 Å². The van der Waals surface area contributed by atoms with Gasteiger partial charge in [-0.25, -0.2) is 0 Å². The molecule has 4 nitrogen and oxygen atoms in total. The zero-order chi connectivity index (χ0) is 15.8. The number of hydrogen-bond acceptors (Lipinski definition) is 3. The minimum absolute atomic E-state index is 0.0327. The smallest absolute Gasteiger partial charge is 0.309 e. The highest BCUT2D eigenvalue weighted by atomic mass is 19.3. The number of ether oxygens (including phenoxy) is 1. The summed E-state index contributed by atoms with van der Waals surface area (Å²) in [6.45, 7) is 4.39. The molecular weight excluding hydrogens is 280 g/mol. The number of carbonyl (C=O) groups is 2. The lowest BCUT2D eigenvalue weighted by molar-refractivity contribution is -0.151. The molecule has 1 aliphatic heterocycles. The Morgan fingerprint density at radius 2 is 1.76 bits per heavy atom. The summed E-state index contributed by atoms with van der Waals surface area (Å²) in [6.07, 6.45) is 1.14. The van der Waals surface area contributed by atoms with Crippen LogP contribution in [0.2, 0.25) is 0 Å². The van der Waals surface area contributed by atoms with E-state index in [4.69, 9.17) is 4.74 Å². The van der Waals surface area contributed by atoms with Crippen LogP contribution in [0.4, 0.5) is 8.78 Å². The number of unbranched alkanes of at least 4 members (excludes halogenated alkanes) is 1. The maximum atomic E-state index is 12.2. The summed E-state index contributed by atoms with van der Waals surface area (Å²) in [5, 5.41) is 0. The van der Waals surface area contributed by atoms with E-state index in [1.165, 1.54) is 13.8 Å². The monoisotopic (exact) mass is 303 g/mol. The molecule has 6 heteroatoms. The lowest BCUT2D eigenvalue weighted by Crippen LogP contribution is -2.39. The highest BCUT2D eigenvalue weighted by Gasteiger charge is 2.26. The van der Waals surface area contributed by atoms with Crippen molar-refractivity contribution in [3.05, 3.63) is 11.7 Å². The van der Waals surface area contributed by atoms with Crippen molar-refractivity contribution in [2.45, 2.75) is 46.0 Å². The molecule has 0 unspecified atom stereocenters. The lowest BCUT2D eigenvalue weighted by atomic mass is 9.97. The van der Waals surface area contributed by atoms with Crippen LogP contribution in [-0.2, 0) is 14.3 Å². The summed E-state index contributed by atoms with van der Waals surface area (Å²) < 4.78 is 29.5. The molecule has 1 fully saturated rings. The van der Waals surface area contributed by atoms with Gasteiger partial charge in [-0.15, -0.1) is 0 Å². The van der Waals surface area contributed by atoms with E-state index in [0.717, 1.165) is 0 Å². The van der Waals surface area contributed by atoms with E-state index >= 15 is 0 Å². The van der Waals surface area contributed by atoms with Gasteiger partial charge in [-0.2, -0.15) is 8.78 Å². The SMILES string of the molecule is CC(=O)N1CCC(C(=O)OCCCCC(C)=C(F)F)CC1. The predicted octanol–water partition coefficient (Wildman–Crippen LogP) is 3.13. The normalized spacial score (nSPS) is 15.7. The van der Waals surface area contributed by atoms with Crippen molar-refractivity contribution in [1.82, 2.24) is 4.90 Å². The number of esters is 1. The number of allylic oxidation sites excluding steroid dienone is 1. The van der Waals surface area contributed by atoms with Crippen LogP contribution in [-0.4, -0.2) is 36.5 Å². The standard InChI is InChI=1S/C15H23F2NO3/c1-11(14(16)17)5-3-4-10-21-15(20)13-6-8-18(9-7-13)12(2)19/h13H,3-10H2,1-2H3. The Morgan fingerprint density at radius 1 is 1.14 bits per heavy atom. The topological polar surface area (TPSA) is 46.6 Å². The Bertz CT molecular complexity index is 398. The lowest BCUT2D eigenvalue weighted by Gasteiger charge is -2.30. The van der Waals surface area contributed by atoms with E-state index in [1.54, 1.807) is 4.90 Å². The number of carbonyl (C=O) groups excluding carboxylic acids is 2. The summed E-state index contributed by atoms with van der Waals surface area (Å²) in [5.41, 5.74) is 0.0953. The van der Waals surface area contributed by atoms with Crippen LogP contribution in [0.3, 0.4) is 0 Å². The van der Waals surface area contributed by atoms with Crippen molar-refractivity contribution < 1.29 is 23.1 Å². The molecule has 1 amide bonds. The molecule has 0 spiro atoms. The van der Waals surface area contributed by atoms with Crippen LogP contribution < -0.4 is 0 Å². The van der Waals surface area contributed by atoms with Crippen LogP contribution in [0.15, 0.2) is 11.7 Å². The number of nitrogens with zero attached hydrogens (tertiary/aromatic N) is 1. The van der Waals surface area contributed by atoms with Crippen molar-refractivity contribution in [2.75, 3.05) is 19.7 Å². The third-order valence-electron chi connectivity index (χ3n) is 3.79. The Balaban J connectivity index is 2.15. The number of piperidine rings is 1. The first-order valence-corrected chi connectivity index (χ1v) is 7.34. The van der Waals surface area contributed by atoms with Crippen LogP contribution in [0, 0.1) is 5.92 Å². The fourth-order valence-electron chi connectivity index (χ4n) is 2.31. The van der Waals surface area contributed by atoms with Crippen LogP contribution in [0.5, 0.6) is 0 Å². The Labute approximate surface area is 124 Å². The molecule has 0 atom stereocenters. The molecule has 120 valence electrons. The fraction of sp³-hybridized carbons (Fsp3) is 0.733. The largest absolute Gasteiger partial charge is 0.465 e. The minimum atomic E-state index is -1.62. The number of hydrogen-bond donors (Lipinski definition) is 0. The Morgan fingerprint density at radius 3 is 2.29 bits per heavy atom. The number of amides is 1. The van der Waals surface area contributed by atoms with Gasteiger partial charge in [0, 0.05) is 20.0 Å². The number of rotatable bonds is 6. The molecule has 0 saturated carbocycles. The maximum Gasteiger partial charge on any atom is 0.309 e. The fourth-order valence-corrected chi connectivity index (χ4v) is 2.31. The average molecular weight is 303 g/mol. The molecule has 0 N–H and O–H groups in total. The summed E-state index contributed by atoms with van der Waals surface area (Å²) in [5.74, 6) is -0.349. The van der Waals surface area contributed by atoms with E-state index in [1.807, 2.05) is 0 Å². The van der Waals surface area contributed by atoms with E-state index in [0.29, 0.717) is 45.2 Å². The average Bonchev–Trinajstić information content (AvgIpc) is 2.46. The molecule has 1 saturated heterocycles. The molecule has 0 radical (unpaired) electrons. The van der Waals surface area contributed by atoms with Gasteiger partial charge in [0.2, 0.25) is 5.91 Å². The van der Waals surface area contributed by atoms with Crippen LogP contribution in [0.1, 0.15) is 46.0 Å². The van der Waals surface area contributed by atoms with E-state index in [-0.39, 0.29) is 30.0 Å². The molecule has 0 aromatic rings. The van der Waals surface area contributed by atoms with Crippen molar-refractivity contribution in [1.29, 1.82) is 0 Å². The molecule has 0 aliphatic carbocycles. The molecule has 21 heavy (non-hydrogen) atoms. The van der Waals surface area contributed by atoms with Gasteiger partial charge in [0.15, 0.2) is 0 Å². The van der Waals surface area contributed by atoms with E-state index in [9.17, 15) is 18.4 Å². The summed E-state index contributed by atoms with van der Waals surface area (Å²) >= 11 is 0. The molecule has 1 heterocycles. The van der Waals surface area contributed by atoms with Gasteiger partial charge in [0.1, 0.15) is 0 Å². The second-order valence-electron chi connectivity index (χ2n) is 5.45.